The average Bonchev–Trinajstić information content (AvgIpc) is 3.30. The smallest absolute Gasteiger partial charge is 0.305 e. The van der Waals surface area contributed by atoms with Gasteiger partial charge in [-0.25, -0.2) is 0 Å². The number of hydrogen-bond acceptors (Lipinski definition) is 4. The van der Waals surface area contributed by atoms with Crippen molar-refractivity contribution in [2.24, 2.45) is 0 Å². The van der Waals surface area contributed by atoms with Crippen molar-refractivity contribution in [3.05, 3.63) is 82.9 Å². The molecule has 1 aromatic carbocycles. The minimum absolute atomic E-state index is 0.0333. The number of benzene rings is 1. The molecule has 2 aromatic heterocycles. The lowest BCUT2D eigenvalue weighted by Crippen LogP contribution is -2.31. The van der Waals surface area contributed by atoms with Gasteiger partial charge >= 0.3 is 5.97 Å². The van der Waals surface area contributed by atoms with Gasteiger partial charge in [-0.3, -0.25) is 9.78 Å². The van der Waals surface area contributed by atoms with Crippen LogP contribution in [0.1, 0.15) is 53.1 Å². The first-order valence-electron chi connectivity index (χ1n) is 11.2. The quantitative estimate of drug-likeness (QED) is 0.405. The zero-order valence-electron chi connectivity index (χ0n) is 19.5. The fourth-order valence-corrected chi connectivity index (χ4v) is 5.08. The zero-order chi connectivity index (χ0) is 23.5. The number of esters is 1. The number of rotatable bonds is 7. The van der Waals surface area contributed by atoms with Crippen molar-refractivity contribution in [3.8, 4) is 5.69 Å². The van der Waals surface area contributed by atoms with Crippen molar-refractivity contribution in [3.63, 3.8) is 0 Å². The van der Waals surface area contributed by atoms with Gasteiger partial charge in [0.2, 0.25) is 0 Å². The number of para-hydroxylation sites is 1. The minimum Gasteiger partial charge on any atom is -0.469 e. The van der Waals surface area contributed by atoms with Crippen molar-refractivity contribution >= 4 is 23.3 Å². The highest BCUT2D eigenvalue weighted by Crippen LogP contribution is 2.41. The number of aromatic nitrogens is 2. The summed E-state index contributed by atoms with van der Waals surface area (Å²) < 4.78 is 7.14. The van der Waals surface area contributed by atoms with Crippen molar-refractivity contribution in [1.29, 1.82) is 0 Å². The Morgan fingerprint density at radius 3 is 2.61 bits per heavy atom. The molecule has 0 amide bonds. The topological polar surface area (TPSA) is 59.4 Å². The maximum absolute atomic E-state index is 11.7. The second-order valence-corrected chi connectivity index (χ2v) is 8.83. The van der Waals surface area contributed by atoms with Crippen LogP contribution in [-0.4, -0.2) is 39.2 Å². The number of nitrogens with zero attached hydrogens (tertiary/aromatic N) is 3. The van der Waals surface area contributed by atoms with Gasteiger partial charge in [0.05, 0.1) is 24.9 Å². The van der Waals surface area contributed by atoms with E-state index >= 15 is 0 Å². The molecule has 0 saturated carbocycles. The van der Waals surface area contributed by atoms with E-state index in [1.54, 1.807) is 0 Å². The SMILES string of the molecule is COC(=O)CCCN1C(=S)N[C@H](c2ccccn2)[C@@H]1c1cc(C)n(-c2ccccc2C)c1C. The van der Waals surface area contributed by atoms with E-state index in [4.69, 9.17) is 17.0 Å². The number of carbonyl (C=O) groups excluding carboxylic acids is 1. The Morgan fingerprint density at radius 2 is 1.91 bits per heavy atom. The predicted octanol–water partition coefficient (Wildman–Crippen LogP) is 4.72. The summed E-state index contributed by atoms with van der Waals surface area (Å²) in [5, 5.41) is 4.18. The van der Waals surface area contributed by atoms with Crippen molar-refractivity contribution < 1.29 is 9.53 Å². The van der Waals surface area contributed by atoms with E-state index in [0.29, 0.717) is 24.5 Å². The molecule has 172 valence electrons. The summed E-state index contributed by atoms with van der Waals surface area (Å²) in [6.45, 7) is 7.10. The highest BCUT2D eigenvalue weighted by Gasteiger charge is 2.41. The second-order valence-electron chi connectivity index (χ2n) is 8.45. The molecule has 0 unspecified atom stereocenters. The number of pyridine rings is 1. The van der Waals surface area contributed by atoms with Crippen LogP contribution in [0.25, 0.3) is 5.69 Å². The largest absolute Gasteiger partial charge is 0.469 e. The summed E-state index contributed by atoms with van der Waals surface area (Å²) in [6.07, 6.45) is 2.84. The standard InChI is InChI=1S/C26H30N4O2S/c1-17-10-5-6-12-22(17)30-18(2)16-20(19(30)3)25-24(21-11-7-8-14-27-21)28-26(33)29(25)15-9-13-23(31)32-4/h5-8,10-12,14,16,24-25H,9,13,15H2,1-4H3,(H,28,33)/t24-,25+/m1/s1. The number of ether oxygens (including phenoxy) is 1. The predicted molar refractivity (Wildman–Crippen MR) is 133 cm³/mol. The molecular weight excluding hydrogens is 432 g/mol. The maximum atomic E-state index is 11.7. The molecule has 4 rings (SSSR count). The Balaban J connectivity index is 1.76. The first kappa shape index (κ1) is 23.0. The van der Waals surface area contributed by atoms with E-state index in [0.717, 1.165) is 5.69 Å². The molecule has 3 aromatic rings. The molecule has 1 aliphatic heterocycles. The number of hydrogen-bond donors (Lipinski definition) is 1. The molecule has 1 N–H and O–H groups in total. The lowest BCUT2D eigenvalue weighted by atomic mass is 9.96. The van der Waals surface area contributed by atoms with Crippen LogP contribution in [0.15, 0.2) is 54.7 Å². The van der Waals surface area contributed by atoms with E-state index in [1.807, 2.05) is 24.4 Å². The first-order chi connectivity index (χ1) is 15.9. The normalized spacial score (nSPS) is 17.8. The van der Waals surface area contributed by atoms with Gasteiger partial charge in [0.15, 0.2) is 5.11 Å². The second kappa shape index (κ2) is 9.75. The summed E-state index contributed by atoms with van der Waals surface area (Å²) in [5.41, 5.74) is 6.90. The van der Waals surface area contributed by atoms with Gasteiger partial charge in [-0.2, -0.15) is 0 Å². The summed E-state index contributed by atoms with van der Waals surface area (Å²) in [6, 6.07) is 16.5. The minimum atomic E-state index is -0.205. The van der Waals surface area contributed by atoms with Crippen LogP contribution in [0, 0.1) is 20.8 Å². The number of nitrogens with one attached hydrogen (secondary N) is 1. The third-order valence-corrected chi connectivity index (χ3v) is 6.70. The number of aryl methyl sites for hydroxylation is 2. The van der Waals surface area contributed by atoms with E-state index < -0.39 is 0 Å². The van der Waals surface area contributed by atoms with Crippen molar-refractivity contribution in [1.82, 2.24) is 19.8 Å². The Kier molecular flexibility index (Phi) is 6.79. The summed E-state index contributed by atoms with van der Waals surface area (Å²) in [7, 11) is 1.42. The number of methoxy groups -OCH3 is 1. The third kappa shape index (κ3) is 4.50. The number of carbonyl (C=O) groups is 1. The van der Waals surface area contributed by atoms with Gasteiger partial charge in [0, 0.05) is 36.2 Å². The molecule has 0 spiro atoms. The van der Waals surface area contributed by atoms with Gasteiger partial charge in [0.1, 0.15) is 0 Å². The average molecular weight is 463 g/mol. The first-order valence-corrected chi connectivity index (χ1v) is 11.6. The van der Waals surface area contributed by atoms with E-state index in [-0.39, 0.29) is 18.1 Å². The van der Waals surface area contributed by atoms with Crippen molar-refractivity contribution in [2.45, 2.75) is 45.7 Å². The molecular formula is C26H30N4O2S. The molecule has 0 aliphatic carbocycles. The number of thiocarbonyl (C=S) groups is 1. The van der Waals surface area contributed by atoms with Crippen LogP contribution in [0.4, 0.5) is 0 Å². The van der Waals surface area contributed by atoms with Crippen LogP contribution in [0.2, 0.25) is 0 Å². The molecule has 33 heavy (non-hydrogen) atoms. The van der Waals surface area contributed by atoms with E-state index in [1.165, 1.54) is 35.3 Å². The molecule has 7 heteroatoms. The van der Waals surface area contributed by atoms with Crippen LogP contribution in [0.3, 0.4) is 0 Å². The van der Waals surface area contributed by atoms with Crippen molar-refractivity contribution in [2.75, 3.05) is 13.7 Å². The highest BCUT2D eigenvalue weighted by molar-refractivity contribution is 7.80. The molecule has 0 radical (unpaired) electrons. The summed E-state index contributed by atoms with van der Waals surface area (Å²) in [4.78, 5) is 18.5. The zero-order valence-corrected chi connectivity index (χ0v) is 20.4. The molecule has 0 bridgehead atoms. The van der Waals surface area contributed by atoms with Gasteiger partial charge in [-0.05, 0) is 74.8 Å². The molecule has 1 saturated heterocycles. The van der Waals surface area contributed by atoms with Gasteiger partial charge in [-0.15, -0.1) is 0 Å². The van der Waals surface area contributed by atoms with Crippen LogP contribution >= 0.6 is 12.2 Å². The molecule has 2 atom stereocenters. The highest BCUT2D eigenvalue weighted by atomic mass is 32.1. The lowest BCUT2D eigenvalue weighted by molar-refractivity contribution is -0.140. The van der Waals surface area contributed by atoms with E-state index in [2.05, 4.69) is 70.9 Å². The Bertz CT molecular complexity index is 1160. The fourth-order valence-electron chi connectivity index (χ4n) is 4.75. The molecule has 1 aliphatic rings. The third-order valence-electron chi connectivity index (χ3n) is 6.35. The van der Waals surface area contributed by atoms with Gasteiger partial charge in [-0.1, -0.05) is 24.3 Å². The lowest BCUT2D eigenvalue weighted by Gasteiger charge is -2.28. The summed E-state index contributed by atoms with van der Waals surface area (Å²) >= 11 is 5.76. The molecule has 1 fully saturated rings. The maximum Gasteiger partial charge on any atom is 0.305 e. The molecule has 6 nitrogen and oxygen atoms in total. The van der Waals surface area contributed by atoms with E-state index in [9.17, 15) is 4.79 Å². The monoisotopic (exact) mass is 462 g/mol. The molecule has 3 heterocycles. The Labute approximate surface area is 200 Å². The summed E-state index contributed by atoms with van der Waals surface area (Å²) in [5.74, 6) is -0.205. The Hall–Kier alpha value is -3.19. The van der Waals surface area contributed by atoms with Gasteiger partial charge in [0.25, 0.3) is 0 Å². The van der Waals surface area contributed by atoms with Crippen LogP contribution in [0.5, 0.6) is 0 Å². The van der Waals surface area contributed by atoms with Gasteiger partial charge < -0.3 is 19.5 Å². The van der Waals surface area contributed by atoms with Crippen LogP contribution < -0.4 is 5.32 Å². The Morgan fingerprint density at radius 1 is 1.15 bits per heavy atom. The van der Waals surface area contributed by atoms with Crippen LogP contribution in [-0.2, 0) is 9.53 Å². The fraction of sp³-hybridized carbons (Fsp3) is 0.346.